The van der Waals surface area contributed by atoms with Crippen molar-refractivity contribution in [3.63, 3.8) is 0 Å². The van der Waals surface area contributed by atoms with E-state index < -0.39 is 17.6 Å². The summed E-state index contributed by atoms with van der Waals surface area (Å²) < 4.78 is 37.2. The lowest BCUT2D eigenvalue weighted by Gasteiger charge is -2.22. The molecule has 4 aromatic rings. The minimum absolute atomic E-state index is 0.0844. The van der Waals surface area contributed by atoms with Gasteiger partial charge in [-0.05, 0) is 74.5 Å². The molecule has 3 heterocycles. The molecule has 1 amide bonds. The molecule has 3 N–H and O–H groups in total. The quantitative estimate of drug-likeness (QED) is 0.279. The van der Waals surface area contributed by atoms with E-state index in [0.29, 0.717) is 6.04 Å². The molecule has 0 bridgehead atoms. The summed E-state index contributed by atoms with van der Waals surface area (Å²) in [7, 11) is 5.98. The van der Waals surface area contributed by atoms with E-state index in [1.807, 2.05) is 18.2 Å². The van der Waals surface area contributed by atoms with Gasteiger partial charge in [0, 0.05) is 47.4 Å². The molecule has 44 heavy (non-hydrogen) atoms. The van der Waals surface area contributed by atoms with Gasteiger partial charge in [0.15, 0.2) is 0 Å². The predicted octanol–water partition coefficient (Wildman–Crippen LogP) is 5.39. The highest BCUT2D eigenvalue weighted by atomic mass is 19.4. The average Bonchev–Trinajstić information content (AvgIpc) is 3.25. The molecule has 0 radical (unpaired) electrons. The van der Waals surface area contributed by atoms with Gasteiger partial charge < -0.3 is 25.0 Å². The Balaban J connectivity index is 0.000000441. The standard InChI is InChI=1S/C30H31N5O2.C2HF3O2/c1-34(2)21-12-13-35(17-21)20-7-4-18(5-8-20)28-23-10-6-19(14-27(23)32-33-28)25-16-30(25)24-15-22(37-3)9-11-26(24)31-29(30)36;3-2(4,5)1(6)7/h4-11,14-15,21,25H,12-13,16-17H2,1-3H3,(H,31,36)(H,32,33);(H,6,7)/t21-,25-,30-;/m0./s1. The van der Waals surface area contributed by atoms with Gasteiger partial charge in [-0.2, -0.15) is 18.3 Å². The van der Waals surface area contributed by atoms with E-state index in [2.05, 4.69) is 81.9 Å². The first-order valence-corrected chi connectivity index (χ1v) is 14.2. The third-order valence-electron chi connectivity index (χ3n) is 8.95. The lowest BCUT2D eigenvalue weighted by molar-refractivity contribution is -0.192. The zero-order chi connectivity index (χ0) is 31.4. The van der Waals surface area contributed by atoms with Crippen LogP contribution in [-0.4, -0.2) is 78.6 Å². The Morgan fingerprint density at radius 1 is 1.11 bits per heavy atom. The van der Waals surface area contributed by atoms with Crippen LogP contribution >= 0.6 is 0 Å². The molecule has 1 saturated heterocycles. The maximum atomic E-state index is 13.0. The number of anilines is 2. The second-order valence-electron chi connectivity index (χ2n) is 11.7. The number of H-pyrrole nitrogens is 1. The van der Waals surface area contributed by atoms with Crippen molar-refractivity contribution in [2.75, 3.05) is 44.5 Å². The number of nitrogens with zero attached hydrogens (tertiary/aromatic N) is 3. The number of fused-ring (bicyclic) bond motifs is 3. The number of methoxy groups -OCH3 is 1. The number of ether oxygens (including phenoxy) is 1. The normalized spacial score (nSPS) is 22.2. The topological polar surface area (TPSA) is 111 Å². The van der Waals surface area contributed by atoms with Crippen LogP contribution in [0.5, 0.6) is 5.75 Å². The van der Waals surface area contributed by atoms with Crippen LogP contribution in [0.4, 0.5) is 24.5 Å². The first kappa shape index (κ1) is 29.5. The number of benzene rings is 3. The Labute approximate surface area is 251 Å². The third kappa shape index (κ3) is 5.12. The van der Waals surface area contributed by atoms with E-state index in [-0.39, 0.29) is 11.8 Å². The monoisotopic (exact) mass is 607 g/mol. The number of hydrogen-bond donors (Lipinski definition) is 3. The van der Waals surface area contributed by atoms with E-state index in [1.165, 1.54) is 12.1 Å². The van der Waals surface area contributed by atoms with E-state index in [4.69, 9.17) is 14.6 Å². The Morgan fingerprint density at radius 2 is 1.84 bits per heavy atom. The van der Waals surface area contributed by atoms with Gasteiger partial charge in [0.1, 0.15) is 5.75 Å². The minimum atomic E-state index is -5.08. The van der Waals surface area contributed by atoms with Crippen LogP contribution < -0.4 is 15.0 Å². The fourth-order valence-corrected chi connectivity index (χ4v) is 6.40. The number of likely N-dealkylation sites (N-methyl/N-ethyl adjacent to an activating group) is 1. The summed E-state index contributed by atoms with van der Waals surface area (Å²) in [6, 6.07) is 21.7. The summed E-state index contributed by atoms with van der Waals surface area (Å²) in [6.45, 7) is 2.16. The van der Waals surface area contributed by atoms with Crippen molar-refractivity contribution in [3.05, 3.63) is 71.8 Å². The molecule has 1 aromatic heterocycles. The number of carboxylic acid groups (broad SMARTS) is 1. The lowest BCUT2D eigenvalue weighted by atomic mass is 9.91. The van der Waals surface area contributed by atoms with Gasteiger partial charge >= 0.3 is 12.1 Å². The largest absolute Gasteiger partial charge is 0.497 e. The zero-order valence-electron chi connectivity index (χ0n) is 24.4. The number of hydrogen-bond acceptors (Lipinski definition) is 6. The van der Waals surface area contributed by atoms with Crippen LogP contribution in [0.2, 0.25) is 0 Å². The number of nitrogens with one attached hydrogen (secondary N) is 2. The van der Waals surface area contributed by atoms with Crippen LogP contribution in [0.15, 0.2) is 60.7 Å². The molecule has 3 atom stereocenters. The summed E-state index contributed by atoms with van der Waals surface area (Å²) in [5.74, 6) is -1.75. The Bertz CT molecular complexity index is 1740. The molecule has 1 saturated carbocycles. The summed E-state index contributed by atoms with van der Waals surface area (Å²) in [5.41, 5.74) is 6.92. The van der Waals surface area contributed by atoms with Gasteiger partial charge in [-0.3, -0.25) is 9.89 Å². The number of aliphatic carboxylic acids is 1. The number of amides is 1. The van der Waals surface area contributed by atoms with Gasteiger partial charge in [0.25, 0.3) is 0 Å². The highest BCUT2D eigenvalue weighted by molar-refractivity contribution is 6.10. The highest BCUT2D eigenvalue weighted by Crippen LogP contribution is 2.65. The van der Waals surface area contributed by atoms with Crippen LogP contribution in [0.1, 0.15) is 29.9 Å². The number of aromatic amines is 1. The average molecular weight is 608 g/mol. The van der Waals surface area contributed by atoms with Crippen molar-refractivity contribution < 1.29 is 32.6 Å². The van der Waals surface area contributed by atoms with E-state index >= 15 is 0 Å². The molecule has 1 spiro atoms. The van der Waals surface area contributed by atoms with Gasteiger partial charge in [-0.1, -0.05) is 24.3 Å². The molecule has 2 fully saturated rings. The van der Waals surface area contributed by atoms with Crippen molar-refractivity contribution in [3.8, 4) is 17.0 Å². The molecule has 9 nitrogen and oxygen atoms in total. The molecule has 3 aliphatic rings. The van der Waals surface area contributed by atoms with Crippen molar-refractivity contribution >= 4 is 34.2 Å². The second kappa shape index (κ2) is 10.8. The molecule has 230 valence electrons. The maximum Gasteiger partial charge on any atom is 0.490 e. The summed E-state index contributed by atoms with van der Waals surface area (Å²) in [4.78, 5) is 26.7. The fraction of sp³-hybridized carbons (Fsp3) is 0.344. The summed E-state index contributed by atoms with van der Waals surface area (Å²) in [5, 5.41) is 19.2. The van der Waals surface area contributed by atoms with Crippen molar-refractivity contribution in [1.82, 2.24) is 15.1 Å². The van der Waals surface area contributed by atoms with Crippen LogP contribution in [0.3, 0.4) is 0 Å². The second-order valence-corrected chi connectivity index (χ2v) is 11.7. The van der Waals surface area contributed by atoms with E-state index in [0.717, 1.165) is 64.2 Å². The van der Waals surface area contributed by atoms with Gasteiger partial charge in [-0.15, -0.1) is 0 Å². The Hall–Kier alpha value is -4.58. The number of aromatic nitrogens is 2. The Morgan fingerprint density at radius 3 is 2.48 bits per heavy atom. The maximum absolute atomic E-state index is 13.0. The molecule has 1 aliphatic carbocycles. The van der Waals surface area contributed by atoms with Crippen molar-refractivity contribution in [2.24, 2.45) is 0 Å². The Kier molecular flexibility index (Phi) is 7.27. The number of carbonyl (C=O) groups excluding carboxylic acids is 1. The molecule has 2 aliphatic heterocycles. The first-order valence-electron chi connectivity index (χ1n) is 14.2. The van der Waals surface area contributed by atoms with Crippen molar-refractivity contribution in [2.45, 2.75) is 36.4 Å². The number of carbonyl (C=O) groups is 2. The number of rotatable bonds is 5. The molecular formula is C32H32F3N5O4. The van der Waals surface area contributed by atoms with E-state index in [9.17, 15) is 18.0 Å². The molecule has 7 rings (SSSR count). The number of alkyl halides is 3. The zero-order valence-corrected chi connectivity index (χ0v) is 24.4. The molecule has 12 heteroatoms. The summed E-state index contributed by atoms with van der Waals surface area (Å²) in [6.07, 6.45) is -3.08. The molecule has 3 aromatic carbocycles. The highest BCUT2D eigenvalue weighted by Gasteiger charge is 2.65. The van der Waals surface area contributed by atoms with Crippen molar-refractivity contribution in [1.29, 1.82) is 0 Å². The smallest absolute Gasteiger partial charge is 0.490 e. The minimum Gasteiger partial charge on any atom is -0.497 e. The predicted molar refractivity (Wildman–Crippen MR) is 160 cm³/mol. The SMILES string of the molecule is COc1ccc2c(c1)[C@]1(C[C@H]1c1ccc3c(-c4ccc(N5CC[C@H](N(C)C)C5)cc4)n[nH]c3c1)C(=O)N2.O=C(O)C(F)(F)F. The molecule has 0 unspecified atom stereocenters. The lowest BCUT2D eigenvalue weighted by Crippen LogP contribution is -2.31. The molecular weight excluding hydrogens is 575 g/mol. The number of halogens is 3. The van der Waals surface area contributed by atoms with Crippen LogP contribution in [-0.2, 0) is 15.0 Å². The summed E-state index contributed by atoms with van der Waals surface area (Å²) >= 11 is 0. The van der Waals surface area contributed by atoms with Crippen LogP contribution in [0.25, 0.3) is 22.2 Å². The third-order valence-corrected chi connectivity index (χ3v) is 8.95. The van der Waals surface area contributed by atoms with Gasteiger partial charge in [0.05, 0.1) is 23.7 Å². The van der Waals surface area contributed by atoms with Crippen LogP contribution in [0, 0.1) is 0 Å². The van der Waals surface area contributed by atoms with Gasteiger partial charge in [-0.25, -0.2) is 4.79 Å². The fourth-order valence-electron chi connectivity index (χ4n) is 6.40. The number of carboxylic acids is 1. The van der Waals surface area contributed by atoms with E-state index in [1.54, 1.807) is 7.11 Å². The van der Waals surface area contributed by atoms with Gasteiger partial charge in [0.2, 0.25) is 5.91 Å². The first-order chi connectivity index (χ1) is 20.9.